The van der Waals surface area contributed by atoms with Crippen LogP contribution in [0.5, 0.6) is 0 Å². The number of aryl methyl sites for hydroxylation is 1. The number of likely N-dealkylation sites (tertiary alicyclic amines) is 1. The Morgan fingerprint density at radius 2 is 2.21 bits per heavy atom. The molecule has 0 saturated carbocycles. The smallest absolute Gasteiger partial charge is 0.220 e. The molecule has 1 unspecified atom stereocenters. The van der Waals surface area contributed by atoms with Crippen molar-refractivity contribution in [2.45, 2.75) is 57.7 Å². The van der Waals surface area contributed by atoms with Crippen molar-refractivity contribution in [3.8, 4) is 0 Å². The maximum absolute atomic E-state index is 12.0. The Morgan fingerprint density at radius 3 is 2.83 bits per heavy atom. The Kier molecular flexibility index (Phi) is 5.25. The molecule has 2 fully saturated rings. The van der Waals surface area contributed by atoms with Gasteiger partial charge in [0.15, 0.2) is 0 Å². The van der Waals surface area contributed by atoms with Crippen molar-refractivity contribution in [2.75, 3.05) is 19.7 Å². The van der Waals surface area contributed by atoms with Crippen LogP contribution in [0.2, 0.25) is 0 Å². The Bertz CT molecular complexity index is 561. The molecule has 24 heavy (non-hydrogen) atoms. The van der Waals surface area contributed by atoms with E-state index in [-0.39, 0.29) is 17.6 Å². The van der Waals surface area contributed by atoms with E-state index in [2.05, 4.69) is 21.5 Å². The third-order valence-electron chi connectivity index (χ3n) is 5.14. The summed E-state index contributed by atoms with van der Waals surface area (Å²) < 4.78 is 8.03. The van der Waals surface area contributed by atoms with Gasteiger partial charge in [0.1, 0.15) is 0 Å². The lowest BCUT2D eigenvalue weighted by Gasteiger charge is -2.38. The SMILES string of the molecule is CC(C)NC(=O)CC1COC2(CCN(Cc3cnn(C)c3)CC2)C1. The van der Waals surface area contributed by atoms with Crippen molar-refractivity contribution >= 4 is 5.91 Å². The lowest BCUT2D eigenvalue weighted by molar-refractivity contribution is -0.122. The zero-order chi connectivity index (χ0) is 17.2. The van der Waals surface area contributed by atoms with Gasteiger partial charge in [0.25, 0.3) is 0 Å². The number of hydrogen-bond acceptors (Lipinski definition) is 4. The minimum atomic E-state index is 0.00815. The molecule has 1 atom stereocenters. The molecule has 134 valence electrons. The number of carbonyl (C=O) groups excluding carboxylic acids is 1. The van der Waals surface area contributed by atoms with Gasteiger partial charge in [-0.15, -0.1) is 0 Å². The summed E-state index contributed by atoms with van der Waals surface area (Å²) in [5.74, 6) is 0.526. The highest BCUT2D eigenvalue weighted by Gasteiger charge is 2.43. The summed E-state index contributed by atoms with van der Waals surface area (Å²) in [6.45, 7) is 7.81. The fraction of sp³-hybridized carbons (Fsp3) is 0.778. The van der Waals surface area contributed by atoms with Crippen molar-refractivity contribution in [1.82, 2.24) is 20.0 Å². The second-order valence-corrected chi connectivity index (χ2v) is 7.79. The average molecular weight is 334 g/mol. The lowest BCUT2D eigenvalue weighted by atomic mass is 9.84. The van der Waals surface area contributed by atoms with E-state index in [1.54, 1.807) is 0 Å². The van der Waals surface area contributed by atoms with E-state index in [4.69, 9.17) is 4.74 Å². The van der Waals surface area contributed by atoms with Crippen LogP contribution in [0.3, 0.4) is 0 Å². The molecule has 2 aliphatic heterocycles. The largest absolute Gasteiger partial charge is 0.375 e. The highest BCUT2D eigenvalue weighted by Crippen LogP contribution is 2.39. The Morgan fingerprint density at radius 1 is 1.46 bits per heavy atom. The van der Waals surface area contributed by atoms with Gasteiger partial charge in [0.2, 0.25) is 5.91 Å². The number of nitrogens with one attached hydrogen (secondary N) is 1. The molecular weight excluding hydrogens is 304 g/mol. The molecule has 2 aliphatic rings. The molecular formula is C18H30N4O2. The van der Waals surface area contributed by atoms with E-state index in [1.807, 2.05) is 31.8 Å². The van der Waals surface area contributed by atoms with Crippen LogP contribution in [0.25, 0.3) is 0 Å². The molecule has 1 aromatic rings. The molecule has 1 spiro atoms. The Balaban J connectivity index is 1.45. The van der Waals surface area contributed by atoms with Crippen LogP contribution in [-0.2, 0) is 23.1 Å². The van der Waals surface area contributed by atoms with Crippen LogP contribution in [-0.4, -0.2) is 51.9 Å². The molecule has 0 radical (unpaired) electrons. The molecule has 1 aromatic heterocycles. The molecule has 0 bridgehead atoms. The summed E-state index contributed by atoms with van der Waals surface area (Å²) in [6.07, 6.45) is 7.78. The predicted octanol–water partition coefficient (Wildman–Crippen LogP) is 1.71. The number of hydrogen-bond donors (Lipinski definition) is 1. The highest BCUT2D eigenvalue weighted by atomic mass is 16.5. The minimum absolute atomic E-state index is 0.00815. The second-order valence-electron chi connectivity index (χ2n) is 7.79. The average Bonchev–Trinajstić information content (AvgIpc) is 3.08. The minimum Gasteiger partial charge on any atom is -0.375 e. The van der Waals surface area contributed by atoms with Crippen molar-refractivity contribution in [3.63, 3.8) is 0 Å². The summed E-state index contributed by atoms with van der Waals surface area (Å²) in [5.41, 5.74) is 1.28. The fourth-order valence-electron chi connectivity index (χ4n) is 3.99. The second kappa shape index (κ2) is 7.23. The van der Waals surface area contributed by atoms with Crippen LogP contribution in [0.1, 0.15) is 45.1 Å². The molecule has 6 nitrogen and oxygen atoms in total. The van der Waals surface area contributed by atoms with Crippen molar-refractivity contribution in [1.29, 1.82) is 0 Å². The van der Waals surface area contributed by atoms with Crippen molar-refractivity contribution in [3.05, 3.63) is 18.0 Å². The molecule has 2 saturated heterocycles. The van der Waals surface area contributed by atoms with Crippen LogP contribution < -0.4 is 5.32 Å². The normalized spacial score (nSPS) is 23.9. The van der Waals surface area contributed by atoms with E-state index in [0.29, 0.717) is 12.3 Å². The summed E-state index contributed by atoms with van der Waals surface area (Å²) >= 11 is 0. The van der Waals surface area contributed by atoms with E-state index >= 15 is 0 Å². The van der Waals surface area contributed by atoms with E-state index in [9.17, 15) is 4.79 Å². The van der Waals surface area contributed by atoms with Gasteiger partial charge >= 0.3 is 0 Å². The zero-order valence-electron chi connectivity index (χ0n) is 15.1. The van der Waals surface area contributed by atoms with Gasteiger partial charge in [-0.25, -0.2) is 0 Å². The molecule has 1 N–H and O–H groups in total. The van der Waals surface area contributed by atoms with E-state index < -0.39 is 0 Å². The van der Waals surface area contributed by atoms with Gasteiger partial charge in [0.05, 0.1) is 18.4 Å². The first kappa shape index (κ1) is 17.4. The predicted molar refractivity (Wildman–Crippen MR) is 92.4 cm³/mol. The third-order valence-corrected chi connectivity index (χ3v) is 5.14. The Labute approximate surface area is 144 Å². The van der Waals surface area contributed by atoms with Crippen LogP contribution in [0.4, 0.5) is 0 Å². The first-order valence-corrected chi connectivity index (χ1v) is 9.07. The summed E-state index contributed by atoms with van der Waals surface area (Å²) in [4.78, 5) is 14.4. The first-order chi connectivity index (χ1) is 11.4. The number of carbonyl (C=O) groups is 1. The van der Waals surface area contributed by atoms with Crippen LogP contribution in [0, 0.1) is 5.92 Å². The maximum Gasteiger partial charge on any atom is 0.220 e. The number of amides is 1. The summed E-state index contributed by atoms with van der Waals surface area (Å²) in [5, 5.41) is 7.23. The van der Waals surface area contributed by atoms with Crippen LogP contribution in [0.15, 0.2) is 12.4 Å². The number of ether oxygens (including phenoxy) is 1. The van der Waals surface area contributed by atoms with Gasteiger partial charge in [-0.1, -0.05) is 0 Å². The van der Waals surface area contributed by atoms with E-state index in [1.165, 1.54) is 5.56 Å². The van der Waals surface area contributed by atoms with Gasteiger partial charge < -0.3 is 10.1 Å². The van der Waals surface area contributed by atoms with Gasteiger partial charge in [-0.3, -0.25) is 14.4 Å². The molecule has 3 heterocycles. The van der Waals surface area contributed by atoms with Crippen LogP contribution >= 0.6 is 0 Å². The Hall–Kier alpha value is -1.40. The van der Waals surface area contributed by atoms with Gasteiger partial charge in [-0.05, 0) is 39.0 Å². The van der Waals surface area contributed by atoms with Gasteiger partial charge in [-0.2, -0.15) is 5.10 Å². The molecule has 0 aliphatic carbocycles. The number of rotatable bonds is 5. The fourth-order valence-corrected chi connectivity index (χ4v) is 3.99. The first-order valence-electron chi connectivity index (χ1n) is 9.07. The summed E-state index contributed by atoms with van der Waals surface area (Å²) in [7, 11) is 1.96. The quantitative estimate of drug-likeness (QED) is 0.890. The topological polar surface area (TPSA) is 59.4 Å². The lowest BCUT2D eigenvalue weighted by Crippen LogP contribution is -2.43. The molecule has 1 amide bonds. The van der Waals surface area contributed by atoms with Gasteiger partial charge in [0, 0.05) is 50.9 Å². The molecule has 0 aromatic carbocycles. The molecule has 6 heteroatoms. The monoisotopic (exact) mass is 334 g/mol. The number of nitrogens with zero attached hydrogens (tertiary/aromatic N) is 3. The standard InChI is InChI=1S/C18H30N4O2/c1-14(2)20-17(23)8-15-9-18(24-13-15)4-6-22(7-5-18)12-16-10-19-21(3)11-16/h10-11,14-15H,4-9,12-13H2,1-3H3,(H,20,23). The third kappa shape index (κ3) is 4.36. The highest BCUT2D eigenvalue weighted by molar-refractivity contribution is 5.76. The van der Waals surface area contributed by atoms with E-state index in [0.717, 1.165) is 45.5 Å². The number of aromatic nitrogens is 2. The summed E-state index contributed by atoms with van der Waals surface area (Å²) in [6, 6.07) is 0.212. The van der Waals surface area contributed by atoms with Crippen molar-refractivity contribution < 1.29 is 9.53 Å². The zero-order valence-corrected chi connectivity index (χ0v) is 15.1. The maximum atomic E-state index is 12.0. The van der Waals surface area contributed by atoms with Crippen molar-refractivity contribution in [2.24, 2.45) is 13.0 Å². The molecule has 3 rings (SSSR count). The number of piperidine rings is 1.